The topological polar surface area (TPSA) is 144 Å². The van der Waals surface area contributed by atoms with Crippen LogP contribution in [-0.2, 0) is 9.53 Å². The first-order chi connectivity index (χ1) is 22.9. The van der Waals surface area contributed by atoms with Crippen LogP contribution in [0.25, 0.3) is 11.4 Å². The molecular weight excluding hydrogens is 627 g/mol. The third-order valence-electron chi connectivity index (χ3n) is 8.95. The van der Waals surface area contributed by atoms with E-state index in [1.54, 1.807) is 18.2 Å². The number of nitrogens with one attached hydrogen (secondary N) is 2. The van der Waals surface area contributed by atoms with Gasteiger partial charge < -0.3 is 24.6 Å². The van der Waals surface area contributed by atoms with Crippen LogP contribution < -0.4 is 20.4 Å². The van der Waals surface area contributed by atoms with Gasteiger partial charge in [-0.3, -0.25) is 15.1 Å². The maximum atomic E-state index is 15.2. The molecule has 244 valence electrons. The van der Waals surface area contributed by atoms with Crippen molar-refractivity contribution in [3.05, 3.63) is 54.4 Å². The van der Waals surface area contributed by atoms with Crippen molar-refractivity contribution in [1.29, 1.82) is 5.26 Å². The molecule has 5 heterocycles. The van der Waals surface area contributed by atoms with Gasteiger partial charge >= 0.3 is 0 Å². The smallest absolute Gasteiger partial charge is 0.247 e. The van der Waals surface area contributed by atoms with Crippen LogP contribution >= 0.6 is 11.6 Å². The molecule has 4 aliphatic heterocycles. The Bertz CT molecular complexity index is 1680. The minimum Gasteiger partial charge on any atom is -0.486 e. The summed E-state index contributed by atoms with van der Waals surface area (Å²) >= 11 is 5.87. The van der Waals surface area contributed by atoms with Crippen LogP contribution in [0.5, 0.6) is 5.75 Å². The fraction of sp³-hybridized carbons (Fsp3) is 0.438. The zero-order valence-electron chi connectivity index (χ0n) is 25.6. The van der Waals surface area contributed by atoms with Crippen molar-refractivity contribution < 1.29 is 18.7 Å². The summed E-state index contributed by atoms with van der Waals surface area (Å²) in [6, 6.07) is 15.3. The predicted molar refractivity (Wildman–Crippen MR) is 173 cm³/mol. The SMILES string of the molecule is N#Cc1cc(-c2ncnc(Nc3ccc(N4CCN(C5COC5)CC4)cc3)n2)ccc1O[C@H]1CCN(C(=O)C2CC(Cl)=NN2)C[C@H]1F. The van der Waals surface area contributed by atoms with Gasteiger partial charge in [-0.05, 0) is 42.5 Å². The molecule has 1 amide bonds. The summed E-state index contributed by atoms with van der Waals surface area (Å²) in [5, 5.41) is 17.3. The number of hydrazone groups is 1. The molecule has 2 N–H and O–H groups in total. The molecule has 3 saturated heterocycles. The summed E-state index contributed by atoms with van der Waals surface area (Å²) < 4.78 is 26.5. The first kappa shape index (κ1) is 31.0. The lowest BCUT2D eigenvalue weighted by Gasteiger charge is -2.43. The van der Waals surface area contributed by atoms with E-state index in [9.17, 15) is 10.1 Å². The number of ether oxygens (including phenoxy) is 2. The fourth-order valence-corrected chi connectivity index (χ4v) is 6.37. The molecule has 2 aromatic carbocycles. The van der Waals surface area contributed by atoms with Crippen molar-refractivity contribution in [1.82, 2.24) is 30.2 Å². The second kappa shape index (κ2) is 13.6. The summed E-state index contributed by atoms with van der Waals surface area (Å²) in [6.45, 7) is 5.92. The number of anilines is 3. The van der Waals surface area contributed by atoms with Crippen molar-refractivity contribution in [2.24, 2.45) is 5.10 Å². The maximum Gasteiger partial charge on any atom is 0.247 e. The van der Waals surface area contributed by atoms with Crippen molar-refractivity contribution in [3.8, 4) is 23.2 Å². The van der Waals surface area contributed by atoms with Gasteiger partial charge in [0.1, 0.15) is 35.5 Å². The predicted octanol–water partition coefficient (Wildman–Crippen LogP) is 2.91. The molecule has 0 spiro atoms. The van der Waals surface area contributed by atoms with Crippen LogP contribution in [-0.4, -0.2) is 113 Å². The first-order valence-electron chi connectivity index (χ1n) is 15.7. The van der Waals surface area contributed by atoms with Gasteiger partial charge in [0.05, 0.1) is 31.4 Å². The number of carbonyl (C=O) groups is 1. The van der Waals surface area contributed by atoms with Crippen LogP contribution in [0, 0.1) is 11.3 Å². The van der Waals surface area contributed by atoms with Gasteiger partial charge in [0.25, 0.3) is 0 Å². The Hall–Kier alpha value is -4.58. The number of piperazine rings is 1. The maximum absolute atomic E-state index is 15.2. The van der Waals surface area contributed by atoms with Gasteiger partial charge in [-0.2, -0.15) is 15.3 Å². The summed E-state index contributed by atoms with van der Waals surface area (Å²) in [5.41, 5.74) is 5.51. The summed E-state index contributed by atoms with van der Waals surface area (Å²) in [4.78, 5) is 32.2. The Balaban J connectivity index is 0.955. The molecule has 7 rings (SSSR count). The van der Waals surface area contributed by atoms with Gasteiger partial charge in [-0.15, -0.1) is 0 Å². The third-order valence-corrected chi connectivity index (χ3v) is 9.19. The number of piperidine rings is 1. The monoisotopic (exact) mass is 660 g/mol. The molecule has 0 radical (unpaired) electrons. The zero-order chi connectivity index (χ0) is 32.3. The second-order valence-corrected chi connectivity index (χ2v) is 12.4. The molecule has 1 aromatic heterocycles. The number of nitriles is 1. The number of hydrogen-bond donors (Lipinski definition) is 2. The van der Waals surface area contributed by atoms with Crippen LogP contribution in [0.1, 0.15) is 18.4 Å². The Morgan fingerprint density at radius 2 is 1.91 bits per heavy atom. The Morgan fingerprint density at radius 1 is 1.11 bits per heavy atom. The quantitative estimate of drug-likeness (QED) is 0.368. The van der Waals surface area contributed by atoms with Crippen LogP contribution in [0.3, 0.4) is 0 Å². The number of carbonyl (C=O) groups excluding carboxylic acids is 1. The molecule has 1 unspecified atom stereocenters. The lowest BCUT2D eigenvalue weighted by molar-refractivity contribution is -0.137. The highest BCUT2D eigenvalue weighted by molar-refractivity contribution is 6.65. The van der Waals surface area contributed by atoms with Gasteiger partial charge in [-0.1, -0.05) is 11.6 Å². The molecule has 3 atom stereocenters. The van der Waals surface area contributed by atoms with Crippen molar-refractivity contribution >= 4 is 40.0 Å². The lowest BCUT2D eigenvalue weighted by atomic mass is 10.0. The van der Waals surface area contributed by atoms with E-state index in [4.69, 9.17) is 21.1 Å². The molecule has 0 saturated carbocycles. The number of alkyl halides is 1. The largest absolute Gasteiger partial charge is 0.486 e. The van der Waals surface area contributed by atoms with E-state index in [2.05, 4.69) is 58.8 Å². The number of rotatable bonds is 8. The van der Waals surface area contributed by atoms with E-state index in [-0.39, 0.29) is 36.6 Å². The summed E-state index contributed by atoms with van der Waals surface area (Å²) in [6.07, 6.45) is -0.267. The average Bonchev–Trinajstić information content (AvgIpc) is 3.51. The summed E-state index contributed by atoms with van der Waals surface area (Å²) in [5.74, 6) is 0.741. The first-order valence-corrected chi connectivity index (χ1v) is 16.1. The second-order valence-electron chi connectivity index (χ2n) is 12.0. The fourth-order valence-electron chi connectivity index (χ4n) is 6.17. The molecule has 3 aromatic rings. The van der Waals surface area contributed by atoms with Crippen LogP contribution in [0.4, 0.5) is 21.7 Å². The number of halogens is 2. The number of amides is 1. The number of hydrogen-bond acceptors (Lipinski definition) is 12. The highest BCUT2D eigenvalue weighted by Gasteiger charge is 2.37. The van der Waals surface area contributed by atoms with Crippen LogP contribution in [0.15, 0.2) is 53.9 Å². The molecular formula is C32H34ClFN10O3. The van der Waals surface area contributed by atoms with E-state index < -0.39 is 18.3 Å². The van der Waals surface area contributed by atoms with Crippen molar-refractivity contribution in [2.75, 3.05) is 62.7 Å². The Morgan fingerprint density at radius 3 is 2.60 bits per heavy atom. The van der Waals surface area contributed by atoms with Crippen molar-refractivity contribution in [3.63, 3.8) is 0 Å². The minimum atomic E-state index is -1.43. The number of aromatic nitrogens is 3. The number of benzene rings is 2. The lowest BCUT2D eigenvalue weighted by Crippen LogP contribution is -2.56. The third kappa shape index (κ3) is 6.92. The van der Waals surface area contributed by atoms with E-state index in [0.717, 1.165) is 45.1 Å². The number of likely N-dealkylation sites (tertiary alicyclic amines) is 1. The molecule has 47 heavy (non-hydrogen) atoms. The van der Waals surface area contributed by atoms with Crippen molar-refractivity contribution in [2.45, 2.75) is 37.2 Å². The van der Waals surface area contributed by atoms with E-state index in [0.29, 0.717) is 35.1 Å². The zero-order valence-corrected chi connectivity index (χ0v) is 26.3. The molecule has 4 aliphatic rings. The molecule has 0 bridgehead atoms. The summed E-state index contributed by atoms with van der Waals surface area (Å²) in [7, 11) is 0. The van der Waals surface area contributed by atoms with Gasteiger partial charge in [0, 0.05) is 62.5 Å². The average molecular weight is 661 g/mol. The standard InChI is InChI=1S/C32H34ClFN10O3/c33-29-14-26(40-41-29)31(45)44-8-7-28(25(34)16-44)47-27-6-1-20(13-21(27)15-35)30-36-19-37-32(39-30)38-22-2-4-23(5-3-22)42-9-11-43(12-10-42)24-17-46-18-24/h1-6,13,19,24-26,28,40H,7-12,14,16-18H2,(H,36,37,38,39)/t25-,26?,28+/m1/s1. The highest BCUT2D eigenvalue weighted by Crippen LogP contribution is 2.29. The molecule has 15 heteroatoms. The molecule has 13 nitrogen and oxygen atoms in total. The van der Waals surface area contributed by atoms with Crippen LogP contribution in [0.2, 0.25) is 0 Å². The minimum absolute atomic E-state index is 0.115. The Labute approximate surface area is 276 Å². The van der Waals surface area contributed by atoms with Gasteiger partial charge in [0.2, 0.25) is 11.9 Å². The van der Waals surface area contributed by atoms with Gasteiger partial charge in [-0.25, -0.2) is 14.4 Å². The normalized spacial score (nSPS) is 23.3. The van der Waals surface area contributed by atoms with E-state index in [1.807, 2.05) is 12.1 Å². The Kier molecular flexibility index (Phi) is 9.01. The number of nitrogens with zero attached hydrogens (tertiary/aromatic N) is 8. The molecule has 0 aliphatic carbocycles. The van der Waals surface area contributed by atoms with E-state index in [1.165, 1.54) is 16.9 Å². The van der Waals surface area contributed by atoms with E-state index >= 15 is 4.39 Å². The highest BCUT2D eigenvalue weighted by atomic mass is 35.5. The molecule has 3 fully saturated rings. The van der Waals surface area contributed by atoms with Gasteiger partial charge in [0.15, 0.2) is 12.0 Å².